The summed E-state index contributed by atoms with van der Waals surface area (Å²) in [7, 11) is 0. The molecule has 2 unspecified atom stereocenters. The van der Waals surface area contributed by atoms with E-state index in [1.807, 2.05) is 6.08 Å². The monoisotopic (exact) mass is 317 g/mol. The molecule has 0 bridgehead atoms. The first kappa shape index (κ1) is 21.9. The van der Waals surface area contributed by atoms with Gasteiger partial charge in [-0.3, -0.25) is 4.99 Å². The molecule has 0 aliphatic heterocycles. The molecule has 23 heavy (non-hydrogen) atoms. The highest BCUT2D eigenvalue weighted by Gasteiger charge is 2.29. The zero-order chi connectivity index (χ0) is 17.9. The first-order valence-electron chi connectivity index (χ1n) is 9.38. The summed E-state index contributed by atoms with van der Waals surface area (Å²) in [6.45, 7) is 21.3. The highest BCUT2D eigenvalue weighted by Crippen LogP contribution is 2.34. The van der Waals surface area contributed by atoms with Crippen LogP contribution in [0.25, 0.3) is 0 Å². The topological polar surface area (TPSA) is 12.4 Å². The van der Waals surface area contributed by atoms with Gasteiger partial charge in [-0.2, -0.15) is 0 Å². The Hall–Kier alpha value is -1.11. The van der Waals surface area contributed by atoms with Gasteiger partial charge < -0.3 is 0 Å². The van der Waals surface area contributed by atoms with Gasteiger partial charge in [-0.25, -0.2) is 0 Å². The normalized spacial score (nSPS) is 16.1. The molecule has 0 amide bonds. The Bertz CT molecular complexity index is 412. The Morgan fingerprint density at radius 2 is 1.78 bits per heavy atom. The smallest absolute Gasteiger partial charge is 0.0471 e. The van der Waals surface area contributed by atoms with Crippen LogP contribution in [-0.2, 0) is 0 Å². The van der Waals surface area contributed by atoms with Crippen LogP contribution in [0.3, 0.4) is 0 Å². The van der Waals surface area contributed by atoms with Crippen LogP contribution in [0.5, 0.6) is 0 Å². The molecule has 0 aliphatic carbocycles. The maximum absolute atomic E-state index is 4.69. The van der Waals surface area contributed by atoms with Crippen LogP contribution >= 0.6 is 0 Å². The lowest BCUT2D eigenvalue weighted by Gasteiger charge is -2.32. The maximum atomic E-state index is 4.69. The molecule has 1 heteroatoms. The lowest BCUT2D eigenvalue weighted by molar-refractivity contribution is 0.377. The van der Waals surface area contributed by atoms with Crippen LogP contribution < -0.4 is 0 Å². The van der Waals surface area contributed by atoms with Gasteiger partial charge in [0, 0.05) is 23.2 Å². The van der Waals surface area contributed by atoms with E-state index in [1.165, 1.54) is 49.8 Å². The minimum absolute atomic E-state index is 0.0641. The second-order valence-electron chi connectivity index (χ2n) is 7.13. The van der Waals surface area contributed by atoms with Crippen molar-refractivity contribution in [2.24, 2.45) is 22.2 Å². The van der Waals surface area contributed by atoms with Crippen LogP contribution in [0.1, 0.15) is 80.1 Å². The molecule has 0 aromatic heterocycles. The van der Waals surface area contributed by atoms with Gasteiger partial charge in [0.2, 0.25) is 0 Å². The van der Waals surface area contributed by atoms with Crippen molar-refractivity contribution in [2.75, 3.05) is 0 Å². The number of rotatable bonds is 12. The van der Waals surface area contributed by atoms with Crippen LogP contribution in [0.4, 0.5) is 0 Å². The summed E-state index contributed by atoms with van der Waals surface area (Å²) in [5.74, 6) is 1.13. The highest BCUT2D eigenvalue weighted by molar-refractivity contribution is 6.03. The molecule has 0 heterocycles. The Morgan fingerprint density at radius 1 is 1.13 bits per heavy atom. The van der Waals surface area contributed by atoms with Gasteiger partial charge >= 0.3 is 0 Å². The molecule has 0 saturated heterocycles. The molecule has 0 aromatic carbocycles. The highest BCUT2D eigenvalue weighted by atomic mass is 14.7. The quantitative estimate of drug-likeness (QED) is 0.202. The second-order valence-corrected chi connectivity index (χ2v) is 7.13. The van der Waals surface area contributed by atoms with Gasteiger partial charge in [0.15, 0.2) is 0 Å². The van der Waals surface area contributed by atoms with Crippen molar-refractivity contribution in [2.45, 2.75) is 80.1 Å². The van der Waals surface area contributed by atoms with E-state index < -0.39 is 0 Å². The summed E-state index contributed by atoms with van der Waals surface area (Å²) in [5, 5.41) is 0. The van der Waals surface area contributed by atoms with E-state index >= 15 is 0 Å². The first-order valence-corrected chi connectivity index (χ1v) is 9.38. The van der Waals surface area contributed by atoms with E-state index in [0.29, 0.717) is 11.8 Å². The lowest BCUT2D eigenvalue weighted by atomic mass is 9.74. The van der Waals surface area contributed by atoms with Gasteiger partial charge in [-0.1, -0.05) is 85.5 Å². The van der Waals surface area contributed by atoms with Gasteiger partial charge in [-0.05, 0) is 24.8 Å². The molecular formula is C22H39N. The predicted molar refractivity (Wildman–Crippen MR) is 107 cm³/mol. The van der Waals surface area contributed by atoms with E-state index in [9.17, 15) is 0 Å². The molecule has 2 atom stereocenters. The van der Waals surface area contributed by atoms with Gasteiger partial charge in [0.05, 0.1) is 0 Å². The Kier molecular flexibility index (Phi) is 10.9. The van der Waals surface area contributed by atoms with Gasteiger partial charge in [0.25, 0.3) is 0 Å². The van der Waals surface area contributed by atoms with Crippen LogP contribution in [0.2, 0.25) is 0 Å². The van der Waals surface area contributed by atoms with Crippen LogP contribution in [-0.4, -0.2) is 5.71 Å². The first-order chi connectivity index (χ1) is 10.9. The minimum atomic E-state index is -0.0641. The number of unbranched alkanes of at least 4 members (excludes halogenated alkanes) is 3. The van der Waals surface area contributed by atoms with Crippen molar-refractivity contribution in [1.82, 2.24) is 0 Å². The fraction of sp³-hybridized carbons (Fsp3) is 0.682. The van der Waals surface area contributed by atoms with Gasteiger partial charge in [-0.15, -0.1) is 6.58 Å². The molecule has 0 spiro atoms. The molecule has 0 N–H and O–H groups in total. The third-order valence-corrected chi connectivity index (χ3v) is 5.09. The van der Waals surface area contributed by atoms with E-state index in [4.69, 9.17) is 0 Å². The molecule has 1 nitrogen and oxygen atoms in total. The summed E-state index contributed by atoms with van der Waals surface area (Å²) in [5.41, 5.74) is 2.41. The number of hydrogen-bond acceptors (Lipinski definition) is 1. The summed E-state index contributed by atoms with van der Waals surface area (Å²) < 4.78 is 0. The van der Waals surface area contributed by atoms with E-state index in [-0.39, 0.29) is 5.41 Å². The average Bonchev–Trinajstić information content (AvgIpc) is 2.54. The molecule has 0 rings (SSSR count). The van der Waals surface area contributed by atoms with Crippen LogP contribution in [0, 0.1) is 17.3 Å². The molecule has 0 radical (unpaired) electrons. The zero-order valence-electron chi connectivity index (χ0n) is 16.5. The Morgan fingerprint density at radius 3 is 2.22 bits per heavy atom. The van der Waals surface area contributed by atoms with Crippen molar-refractivity contribution in [3.63, 3.8) is 0 Å². The number of allylic oxidation sites excluding steroid dienone is 3. The summed E-state index contributed by atoms with van der Waals surface area (Å²) in [6, 6.07) is 0. The number of nitrogens with zero attached hydrogens (tertiary/aromatic N) is 1. The molecule has 0 aliphatic rings. The second kappa shape index (κ2) is 11.4. The van der Waals surface area contributed by atoms with E-state index in [1.54, 1.807) is 6.20 Å². The number of hydrogen-bond donors (Lipinski definition) is 0. The summed E-state index contributed by atoms with van der Waals surface area (Å²) >= 11 is 0. The van der Waals surface area contributed by atoms with Crippen LogP contribution in [0.15, 0.2) is 42.1 Å². The minimum Gasteiger partial charge on any atom is -0.261 e. The third-order valence-electron chi connectivity index (χ3n) is 5.09. The van der Waals surface area contributed by atoms with Gasteiger partial charge in [0.1, 0.15) is 0 Å². The lowest BCUT2D eigenvalue weighted by Crippen LogP contribution is -2.28. The zero-order valence-corrected chi connectivity index (χ0v) is 16.5. The predicted octanol–water partition coefficient (Wildman–Crippen LogP) is 7.36. The molecule has 0 fully saturated rings. The van der Waals surface area contributed by atoms with E-state index in [2.05, 4.69) is 65.8 Å². The Labute approximate surface area is 145 Å². The number of aliphatic imine (C=N–C) groups is 1. The average molecular weight is 318 g/mol. The fourth-order valence-corrected chi connectivity index (χ4v) is 3.35. The molecule has 0 aromatic rings. The van der Waals surface area contributed by atoms with E-state index in [0.717, 1.165) is 0 Å². The summed E-state index contributed by atoms with van der Waals surface area (Å²) in [4.78, 5) is 4.69. The third kappa shape index (κ3) is 6.89. The SMILES string of the molecule is C=CN=C(/C(=C\C)C(C)(C)C=C)C(C)C(CC)CCCCCC. The molecule has 0 saturated carbocycles. The van der Waals surface area contributed by atoms with Crippen molar-refractivity contribution in [1.29, 1.82) is 0 Å². The van der Waals surface area contributed by atoms with Crippen molar-refractivity contribution >= 4 is 5.71 Å². The maximum Gasteiger partial charge on any atom is 0.0471 e. The summed E-state index contributed by atoms with van der Waals surface area (Å²) in [6.07, 6.45) is 13.7. The van der Waals surface area contributed by atoms with Crippen molar-refractivity contribution in [3.05, 3.63) is 37.1 Å². The standard InChI is InChI=1S/C22H39N/c1-9-14-15-16-17-19(10-2)18(6)21(23-13-5)20(11-3)22(7,8)12-4/h11-13,18-19H,4-5,9-10,14-17H2,1-3,6-8H3/b20-11+,23-21?. The molecule has 132 valence electrons. The van der Waals surface area contributed by atoms with Crippen molar-refractivity contribution in [3.8, 4) is 0 Å². The fourth-order valence-electron chi connectivity index (χ4n) is 3.35. The molecular weight excluding hydrogens is 278 g/mol. The largest absolute Gasteiger partial charge is 0.261 e. The van der Waals surface area contributed by atoms with Crippen molar-refractivity contribution < 1.29 is 0 Å². The Balaban J connectivity index is 5.30.